The first-order chi connectivity index (χ1) is 28.6. The standard InChI is InChI=1S/C49H53ClN4O5/c1-3-5-26-54(39(31-45(51)55)29-35-23-25-36-27-33(4-2)22-24-37(36)28-35)49(58)43(20-13-21-46(56)59-32-34-14-7-6-8-15-34)53-48(57)47-40-17-10-12-19-42(40)52-44(47)30-38-16-9-11-18-41(38)50/h6-12,14-19,22-25,27-28,39,43,52H,3-5,13,20-21,26,29-32H2,1-2H3,(H2,51,55)(H,53,57)/t39-,43-/m0/s1. The van der Waals surface area contributed by atoms with Crippen LogP contribution in [0.2, 0.25) is 5.02 Å². The van der Waals surface area contributed by atoms with Crippen molar-refractivity contribution in [2.75, 3.05) is 6.54 Å². The number of unbranched alkanes of at least 4 members (excludes halogenated alkanes) is 1. The Morgan fingerprint density at radius 3 is 2.24 bits per heavy atom. The molecule has 0 aliphatic rings. The van der Waals surface area contributed by atoms with Crippen LogP contribution in [0.5, 0.6) is 0 Å². The molecule has 10 heteroatoms. The molecule has 1 aromatic heterocycles. The minimum atomic E-state index is -1.03. The number of fused-ring (bicyclic) bond motifs is 2. The molecular weight excluding hydrogens is 760 g/mol. The maximum absolute atomic E-state index is 15.0. The van der Waals surface area contributed by atoms with Crippen molar-refractivity contribution in [2.45, 2.75) is 90.3 Å². The Morgan fingerprint density at radius 2 is 1.51 bits per heavy atom. The van der Waals surface area contributed by atoms with Gasteiger partial charge in [0.05, 0.1) is 5.56 Å². The smallest absolute Gasteiger partial charge is 0.306 e. The molecule has 6 rings (SSSR count). The number of esters is 1. The summed E-state index contributed by atoms with van der Waals surface area (Å²) in [7, 11) is 0. The van der Waals surface area contributed by atoms with Crippen molar-refractivity contribution < 1.29 is 23.9 Å². The lowest BCUT2D eigenvalue weighted by molar-refractivity contribution is -0.145. The first kappa shape index (κ1) is 42.7. The van der Waals surface area contributed by atoms with E-state index in [1.165, 1.54) is 5.56 Å². The van der Waals surface area contributed by atoms with Gasteiger partial charge in [-0.2, -0.15) is 0 Å². The summed E-state index contributed by atoms with van der Waals surface area (Å²) in [5.74, 6) is -1.70. The second-order valence-electron chi connectivity index (χ2n) is 15.1. The first-order valence-electron chi connectivity index (χ1n) is 20.6. The third-order valence-electron chi connectivity index (χ3n) is 10.8. The second kappa shape index (κ2) is 20.7. The molecule has 0 aliphatic heterocycles. The zero-order valence-electron chi connectivity index (χ0n) is 33.8. The van der Waals surface area contributed by atoms with E-state index in [-0.39, 0.29) is 38.2 Å². The lowest BCUT2D eigenvalue weighted by atomic mass is 9.96. The minimum Gasteiger partial charge on any atom is -0.461 e. The van der Waals surface area contributed by atoms with Crippen molar-refractivity contribution >= 4 is 57.0 Å². The number of aromatic amines is 1. The van der Waals surface area contributed by atoms with Gasteiger partial charge < -0.3 is 25.7 Å². The number of nitrogens with zero attached hydrogens (tertiary/aromatic N) is 1. The maximum atomic E-state index is 15.0. The highest BCUT2D eigenvalue weighted by Crippen LogP contribution is 2.28. The summed E-state index contributed by atoms with van der Waals surface area (Å²) in [4.78, 5) is 60.4. The van der Waals surface area contributed by atoms with Crippen molar-refractivity contribution in [2.24, 2.45) is 5.73 Å². The fourth-order valence-corrected chi connectivity index (χ4v) is 7.86. The van der Waals surface area contributed by atoms with Crippen molar-refractivity contribution in [1.29, 1.82) is 0 Å². The van der Waals surface area contributed by atoms with Crippen molar-refractivity contribution in [3.8, 4) is 0 Å². The normalized spacial score (nSPS) is 12.3. The number of hydrogen-bond acceptors (Lipinski definition) is 5. The van der Waals surface area contributed by atoms with E-state index in [0.29, 0.717) is 47.5 Å². The number of halogens is 1. The summed E-state index contributed by atoms with van der Waals surface area (Å²) < 4.78 is 5.54. The molecule has 0 aliphatic carbocycles. The van der Waals surface area contributed by atoms with E-state index in [0.717, 1.165) is 45.8 Å². The number of benzene rings is 5. The Bertz CT molecular complexity index is 2390. The first-order valence-corrected chi connectivity index (χ1v) is 20.9. The van der Waals surface area contributed by atoms with Crippen LogP contribution in [0.25, 0.3) is 21.7 Å². The molecule has 0 spiro atoms. The highest BCUT2D eigenvalue weighted by atomic mass is 35.5. The monoisotopic (exact) mass is 812 g/mol. The van der Waals surface area contributed by atoms with E-state index in [1.54, 1.807) is 4.90 Å². The van der Waals surface area contributed by atoms with Crippen LogP contribution in [-0.2, 0) is 45.0 Å². The third-order valence-corrected chi connectivity index (χ3v) is 11.2. The number of nitrogens with two attached hydrogens (primary N) is 1. The minimum absolute atomic E-state index is 0.0494. The molecule has 6 aromatic rings. The number of carbonyl (C=O) groups excluding carboxylic acids is 4. The number of aromatic nitrogens is 1. The summed E-state index contributed by atoms with van der Waals surface area (Å²) in [5, 5.41) is 6.57. The number of H-pyrrole nitrogens is 1. The molecule has 2 atom stereocenters. The molecule has 0 unspecified atom stereocenters. The van der Waals surface area contributed by atoms with E-state index >= 15 is 4.79 Å². The van der Waals surface area contributed by atoms with Gasteiger partial charge in [0.2, 0.25) is 11.8 Å². The quantitative estimate of drug-likeness (QED) is 0.0661. The Balaban J connectivity index is 1.31. The molecule has 306 valence electrons. The van der Waals surface area contributed by atoms with E-state index in [4.69, 9.17) is 22.1 Å². The number of hydrogen-bond donors (Lipinski definition) is 3. The van der Waals surface area contributed by atoms with Crippen LogP contribution in [0.3, 0.4) is 0 Å². The Morgan fingerprint density at radius 1 is 0.814 bits per heavy atom. The van der Waals surface area contributed by atoms with Crippen LogP contribution >= 0.6 is 11.6 Å². The van der Waals surface area contributed by atoms with Crippen molar-refractivity contribution in [3.63, 3.8) is 0 Å². The van der Waals surface area contributed by atoms with Crippen LogP contribution in [0.1, 0.15) is 90.7 Å². The number of aryl methyl sites for hydroxylation is 1. The Kier molecular flexibility index (Phi) is 14.9. The number of rotatable bonds is 20. The SMILES string of the molecule is CCCCN(C(=O)[C@H](CCCC(=O)OCc1ccccc1)NC(=O)c1c(Cc2ccccc2Cl)[nH]c2ccccc12)[C@H](CC(N)=O)Cc1ccc2cc(CC)ccc2c1. The highest BCUT2D eigenvalue weighted by molar-refractivity contribution is 6.31. The maximum Gasteiger partial charge on any atom is 0.306 e. The van der Waals surface area contributed by atoms with Crippen LogP contribution < -0.4 is 11.1 Å². The zero-order chi connectivity index (χ0) is 41.7. The lowest BCUT2D eigenvalue weighted by Crippen LogP contribution is -2.53. The molecule has 3 amide bonds. The molecule has 9 nitrogen and oxygen atoms in total. The third kappa shape index (κ3) is 11.4. The molecule has 0 radical (unpaired) electrons. The lowest BCUT2D eigenvalue weighted by Gasteiger charge is -2.35. The number of carbonyl (C=O) groups is 4. The molecule has 59 heavy (non-hydrogen) atoms. The fraction of sp³-hybridized carbons (Fsp3) is 0.306. The Hall–Kier alpha value is -5.93. The summed E-state index contributed by atoms with van der Waals surface area (Å²) in [6, 6.07) is 35.5. The topological polar surface area (TPSA) is 135 Å². The van der Waals surface area contributed by atoms with Gasteiger partial charge in [0, 0.05) is 53.5 Å². The van der Waals surface area contributed by atoms with E-state index in [9.17, 15) is 14.4 Å². The van der Waals surface area contributed by atoms with E-state index in [2.05, 4.69) is 47.6 Å². The van der Waals surface area contributed by atoms with Gasteiger partial charge in [0.25, 0.3) is 5.91 Å². The van der Waals surface area contributed by atoms with Gasteiger partial charge in [-0.1, -0.05) is 135 Å². The second-order valence-corrected chi connectivity index (χ2v) is 15.5. The average molecular weight is 813 g/mol. The summed E-state index contributed by atoms with van der Waals surface area (Å²) >= 11 is 6.58. The van der Waals surface area contributed by atoms with Gasteiger partial charge >= 0.3 is 5.97 Å². The summed E-state index contributed by atoms with van der Waals surface area (Å²) in [5.41, 5.74) is 11.6. The van der Waals surface area contributed by atoms with Crippen molar-refractivity contribution in [1.82, 2.24) is 15.2 Å². The molecular formula is C49H53ClN4O5. The van der Waals surface area contributed by atoms with E-state index in [1.807, 2.05) is 91.9 Å². The Labute approximate surface area is 351 Å². The number of ether oxygens (including phenoxy) is 1. The highest BCUT2D eigenvalue weighted by Gasteiger charge is 2.33. The zero-order valence-corrected chi connectivity index (χ0v) is 34.6. The van der Waals surface area contributed by atoms with Gasteiger partial charge in [0.15, 0.2) is 0 Å². The van der Waals surface area contributed by atoms with Crippen LogP contribution in [0, 0.1) is 0 Å². The predicted molar refractivity (Wildman–Crippen MR) is 235 cm³/mol. The molecule has 1 heterocycles. The number of amides is 3. The van der Waals surface area contributed by atoms with Crippen molar-refractivity contribution in [3.05, 3.63) is 154 Å². The average Bonchev–Trinajstić information content (AvgIpc) is 3.61. The van der Waals surface area contributed by atoms with Gasteiger partial charge in [-0.15, -0.1) is 0 Å². The predicted octanol–water partition coefficient (Wildman–Crippen LogP) is 9.26. The van der Waals surface area contributed by atoms with Crippen LogP contribution in [0.4, 0.5) is 0 Å². The van der Waals surface area contributed by atoms with Gasteiger partial charge in [-0.25, -0.2) is 0 Å². The molecule has 0 fully saturated rings. The molecule has 0 saturated carbocycles. The molecule has 5 aromatic carbocycles. The number of para-hydroxylation sites is 1. The van der Waals surface area contributed by atoms with Gasteiger partial charge in [-0.3, -0.25) is 19.2 Å². The summed E-state index contributed by atoms with van der Waals surface area (Å²) in [6.45, 7) is 4.66. The van der Waals surface area contributed by atoms with Gasteiger partial charge in [-0.05, 0) is 77.3 Å². The number of primary amides is 1. The molecule has 4 N–H and O–H groups in total. The number of nitrogens with one attached hydrogen (secondary N) is 2. The molecule has 0 bridgehead atoms. The van der Waals surface area contributed by atoms with E-state index < -0.39 is 29.9 Å². The van der Waals surface area contributed by atoms with Crippen LogP contribution in [0.15, 0.2) is 115 Å². The largest absolute Gasteiger partial charge is 0.461 e. The summed E-state index contributed by atoms with van der Waals surface area (Å²) in [6.07, 6.45) is 3.59. The fourth-order valence-electron chi connectivity index (χ4n) is 7.66. The van der Waals surface area contributed by atoms with Gasteiger partial charge in [0.1, 0.15) is 12.6 Å². The molecule has 0 saturated heterocycles. The van der Waals surface area contributed by atoms with Crippen LogP contribution in [-0.4, -0.2) is 52.2 Å².